The summed E-state index contributed by atoms with van der Waals surface area (Å²) in [6.45, 7) is 9.46. The lowest BCUT2D eigenvalue weighted by Gasteiger charge is -2.60. The first-order valence-electron chi connectivity index (χ1n) is 10.2. The summed E-state index contributed by atoms with van der Waals surface area (Å²) >= 11 is 0. The summed E-state index contributed by atoms with van der Waals surface area (Å²) in [6, 6.07) is 0. The second kappa shape index (κ2) is 5.35. The normalized spacial score (nSPS) is 52.6. The van der Waals surface area contributed by atoms with E-state index in [0.717, 1.165) is 23.7 Å². The Kier molecular flexibility index (Phi) is 3.76. The Bertz CT molecular complexity index is 516. The average molecular weight is 317 g/mol. The molecule has 130 valence electrons. The van der Waals surface area contributed by atoms with E-state index in [1.807, 2.05) is 0 Å². The van der Waals surface area contributed by atoms with Crippen LogP contribution in [0.1, 0.15) is 85.5 Å². The van der Waals surface area contributed by atoms with Crippen molar-refractivity contribution < 1.29 is 5.11 Å². The molecule has 1 N–H and O–H groups in total. The molecule has 0 aromatic carbocycles. The van der Waals surface area contributed by atoms with E-state index >= 15 is 0 Å². The van der Waals surface area contributed by atoms with Crippen LogP contribution in [0.25, 0.3) is 0 Å². The molecule has 0 amide bonds. The highest BCUT2D eigenvalue weighted by Gasteiger charge is 2.60. The molecule has 4 aliphatic carbocycles. The molecule has 1 nitrogen and oxygen atoms in total. The van der Waals surface area contributed by atoms with Crippen LogP contribution in [0.15, 0.2) is 11.1 Å². The lowest BCUT2D eigenvalue weighted by Crippen LogP contribution is -2.53. The van der Waals surface area contributed by atoms with Gasteiger partial charge < -0.3 is 5.11 Å². The molecular weight excluding hydrogens is 280 g/mol. The van der Waals surface area contributed by atoms with Gasteiger partial charge in [-0.1, -0.05) is 32.3 Å². The van der Waals surface area contributed by atoms with Gasteiger partial charge in [0.1, 0.15) is 0 Å². The van der Waals surface area contributed by atoms with E-state index in [9.17, 15) is 5.11 Å². The van der Waals surface area contributed by atoms with E-state index in [1.165, 1.54) is 68.9 Å². The zero-order valence-corrected chi connectivity index (χ0v) is 15.7. The van der Waals surface area contributed by atoms with Crippen LogP contribution in [0.2, 0.25) is 0 Å². The fourth-order valence-electron chi connectivity index (χ4n) is 7.59. The van der Waals surface area contributed by atoms with E-state index in [2.05, 4.69) is 27.7 Å². The second-order valence-electron chi connectivity index (χ2n) is 10.1. The van der Waals surface area contributed by atoms with Crippen LogP contribution in [-0.4, -0.2) is 11.2 Å². The maximum absolute atomic E-state index is 11.0. The number of hydrogen-bond donors (Lipinski definition) is 1. The third-order valence-electron chi connectivity index (χ3n) is 9.06. The molecule has 7 atom stereocenters. The zero-order valence-electron chi connectivity index (χ0n) is 15.7. The van der Waals surface area contributed by atoms with Gasteiger partial charge >= 0.3 is 0 Å². The Morgan fingerprint density at radius 1 is 0.913 bits per heavy atom. The minimum Gasteiger partial charge on any atom is -0.388 e. The smallest absolute Gasteiger partial charge is 0.0809 e. The molecule has 23 heavy (non-hydrogen) atoms. The van der Waals surface area contributed by atoms with Gasteiger partial charge in [-0.2, -0.15) is 0 Å². The summed E-state index contributed by atoms with van der Waals surface area (Å²) in [7, 11) is 0. The fraction of sp³-hybridized carbons (Fsp3) is 0.909. The summed E-state index contributed by atoms with van der Waals surface area (Å²) in [5.41, 5.74) is 3.53. The van der Waals surface area contributed by atoms with Gasteiger partial charge in [-0.15, -0.1) is 0 Å². The van der Waals surface area contributed by atoms with Crippen LogP contribution in [0.5, 0.6) is 0 Å². The Hall–Kier alpha value is -0.300. The lowest BCUT2D eigenvalue weighted by molar-refractivity contribution is -0.119. The van der Waals surface area contributed by atoms with Crippen molar-refractivity contribution >= 4 is 0 Å². The first-order chi connectivity index (χ1) is 10.9. The lowest BCUT2D eigenvalue weighted by atomic mass is 9.45. The third-order valence-corrected chi connectivity index (χ3v) is 9.06. The van der Waals surface area contributed by atoms with Gasteiger partial charge in [-0.25, -0.2) is 0 Å². The van der Waals surface area contributed by atoms with Gasteiger partial charge in [0.25, 0.3) is 0 Å². The van der Waals surface area contributed by atoms with Crippen molar-refractivity contribution in [1.29, 1.82) is 0 Å². The predicted molar refractivity (Wildman–Crippen MR) is 96.1 cm³/mol. The van der Waals surface area contributed by atoms with Crippen LogP contribution in [0.3, 0.4) is 0 Å². The van der Waals surface area contributed by atoms with E-state index in [1.54, 1.807) is 0 Å². The van der Waals surface area contributed by atoms with Crippen LogP contribution in [-0.2, 0) is 0 Å². The molecule has 0 radical (unpaired) electrons. The molecule has 0 spiro atoms. The zero-order chi connectivity index (χ0) is 16.4. The first kappa shape index (κ1) is 16.2. The van der Waals surface area contributed by atoms with Gasteiger partial charge in [0, 0.05) is 5.41 Å². The third kappa shape index (κ3) is 2.14. The highest BCUT2D eigenvalue weighted by atomic mass is 16.3. The fourth-order valence-corrected chi connectivity index (χ4v) is 7.59. The summed E-state index contributed by atoms with van der Waals surface area (Å²) in [6.07, 6.45) is 12.4. The maximum Gasteiger partial charge on any atom is 0.0809 e. The predicted octanol–water partition coefficient (Wildman–Crippen LogP) is 5.73. The van der Waals surface area contributed by atoms with Crippen molar-refractivity contribution in [3.05, 3.63) is 11.1 Å². The molecule has 0 aliphatic heterocycles. The molecule has 0 aromatic heterocycles. The van der Waals surface area contributed by atoms with E-state index in [0.29, 0.717) is 5.41 Å². The molecule has 4 aliphatic rings. The van der Waals surface area contributed by atoms with Crippen molar-refractivity contribution in [2.75, 3.05) is 0 Å². The molecule has 0 bridgehead atoms. The summed E-state index contributed by atoms with van der Waals surface area (Å²) in [4.78, 5) is 0. The molecule has 7 unspecified atom stereocenters. The standard InChI is InChI=1S/C22H36O/c1-14(2)17-13-19-16-9-8-15-7-5-6-11-21(15,3)18(16)10-12-22(19,4)20(17)23/h15-16,18-20,23H,5-13H2,1-4H3. The van der Waals surface area contributed by atoms with Crippen molar-refractivity contribution in [1.82, 2.24) is 0 Å². The molecule has 0 heterocycles. The first-order valence-corrected chi connectivity index (χ1v) is 10.2. The summed E-state index contributed by atoms with van der Waals surface area (Å²) < 4.78 is 0. The van der Waals surface area contributed by atoms with E-state index in [4.69, 9.17) is 0 Å². The van der Waals surface area contributed by atoms with Crippen molar-refractivity contribution in [3.63, 3.8) is 0 Å². The quantitative estimate of drug-likeness (QED) is 0.566. The van der Waals surface area contributed by atoms with E-state index in [-0.39, 0.29) is 11.5 Å². The molecule has 4 fully saturated rings. The topological polar surface area (TPSA) is 20.2 Å². The molecule has 0 saturated heterocycles. The van der Waals surface area contributed by atoms with Gasteiger partial charge in [0.2, 0.25) is 0 Å². The minimum atomic E-state index is -0.171. The summed E-state index contributed by atoms with van der Waals surface area (Å²) in [5.74, 6) is 3.54. The maximum atomic E-state index is 11.0. The number of fused-ring (bicyclic) bond motifs is 5. The van der Waals surface area contributed by atoms with Crippen molar-refractivity contribution in [3.8, 4) is 0 Å². The van der Waals surface area contributed by atoms with Gasteiger partial charge in [0.05, 0.1) is 6.10 Å². The number of hydrogen-bond acceptors (Lipinski definition) is 1. The molecule has 4 saturated carbocycles. The largest absolute Gasteiger partial charge is 0.388 e. The number of aliphatic hydroxyl groups is 1. The SMILES string of the molecule is CC(C)=C1CC2C3CCC4CCCCC4(C)C3CCC2(C)C1O. The van der Waals surface area contributed by atoms with Gasteiger partial charge in [-0.05, 0) is 93.5 Å². The summed E-state index contributed by atoms with van der Waals surface area (Å²) in [5, 5.41) is 11.0. The van der Waals surface area contributed by atoms with Crippen LogP contribution in [0, 0.1) is 34.5 Å². The number of allylic oxidation sites excluding steroid dienone is 1. The number of rotatable bonds is 0. The van der Waals surface area contributed by atoms with Gasteiger partial charge in [-0.3, -0.25) is 0 Å². The average Bonchev–Trinajstić information content (AvgIpc) is 2.79. The van der Waals surface area contributed by atoms with Crippen LogP contribution < -0.4 is 0 Å². The Morgan fingerprint density at radius 2 is 1.70 bits per heavy atom. The van der Waals surface area contributed by atoms with E-state index < -0.39 is 0 Å². The minimum absolute atomic E-state index is 0.158. The highest BCUT2D eigenvalue weighted by molar-refractivity contribution is 5.27. The molecule has 4 rings (SSSR count). The Labute approximate surface area is 142 Å². The highest BCUT2D eigenvalue weighted by Crippen LogP contribution is 2.67. The van der Waals surface area contributed by atoms with Crippen LogP contribution >= 0.6 is 0 Å². The van der Waals surface area contributed by atoms with Crippen LogP contribution in [0.4, 0.5) is 0 Å². The Balaban J connectivity index is 1.68. The van der Waals surface area contributed by atoms with Gasteiger partial charge in [0.15, 0.2) is 0 Å². The van der Waals surface area contributed by atoms with Crippen molar-refractivity contribution in [2.24, 2.45) is 34.5 Å². The molecular formula is C22H36O. The Morgan fingerprint density at radius 3 is 2.43 bits per heavy atom. The second-order valence-corrected chi connectivity index (χ2v) is 10.1. The number of aliphatic hydroxyl groups excluding tert-OH is 1. The van der Waals surface area contributed by atoms with Crippen molar-refractivity contribution in [2.45, 2.75) is 91.6 Å². The monoisotopic (exact) mass is 316 g/mol. The molecule has 1 heteroatoms. The molecule has 0 aromatic rings.